The van der Waals surface area contributed by atoms with E-state index in [9.17, 15) is 0 Å². The summed E-state index contributed by atoms with van der Waals surface area (Å²) in [5.41, 5.74) is 9.21. The highest BCUT2D eigenvalue weighted by atomic mass is 15.3. The van der Waals surface area contributed by atoms with Gasteiger partial charge in [0.1, 0.15) is 0 Å². The van der Waals surface area contributed by atoms with Gasteiger partial charge in [0.25, 0.3) is 0 Å². The lowest BCUT2D eigenvalue weighted by molar-refractivity contribution is 0.221. The standard InChI is InChI=1S/C18H29N3/c1-3-15-8-10-18(14-19,11-9-15)21-13-12-20(2)16-6-4-5-7-17(16)21/h4-7,15H,3,8-14,19H2,1-2H3. The second-order valence-corrected chi connectivity index (χ2v) is 6.84. The van der Waals surface area contributed by atoms with Crippen molar-refractivity contribution in [3.8, 4) is 0 Å². The van der Waals surface area contributed by atoms with Crippen LogP contribution < -0.4 is 15.5 Å². The van der Waals surface area contributed by atoms with Crippen molar-refractivity contribution in [1.29, 1.82) is 0 Å². The van der Waals surface area contributed by atoms with Crippen LogP contribution in [-0.2, 0) is 0 Å². The summed E-state index contributed by atoms with van der Waals surface area (Å²) in [4.78, 5) is 5.00. The number of benzene rings is 1. The Morgan fingerprint density at radius 2 is 1.81 bits per heavy atom. The minimum absolute atomic E-state index is 0.184. The van der Waals surface area contributed by atoms with Gasteiger partial charge in [-0.3, -0.25) is 0 Å². The fraction of sp³-hybridized carbons (Fsp3) is 0.667. The molecule has 2 aliphatic rings. The van der Waals surface area contributed by atoms with Gasteiger partial charge >= 0.3 is 0 Å². The molecular weight excluding hydrogens is 258 g/mol. The van der Waals surface area contributed by atoms with E-state index in [2.05, 4.69) is 48.0 Å². The van der Waals surface area contributed by atoms with Crippen molar-refractivity contribution in [3.05, 3.63) is 24.3 Å². The van der Waals surface area contributed by atoms with Crippen molar-refractivity contribution in [2.45, 2.75) is 44.6 Å². The molecule has 2 N–H and O–H groups in total. The maximum atomic E-state index is 6.29. The molecule has 0 aromatic heterocycles. The summed E-state index contributed by atoms with van der Waals surface area (Å²) in [7, 11) is 2.19. The number of nitrogens with zero attached hydrogens (tertiary/aromatic N) is 2. The Hall–Kier alpha value is -1.22. The molecule has 1 aliphatic carbocycles. The summed E-state index contributed by atoms with van der Waals surface area (Å²) in [5.74, 6) is 0.910. The zero-order chi connectivity index (χ0) is 14.9. The van der Waals surface area contributed by atoms with Gasteiger partial charge < -0.3 is 15.5 Å². The van der Waals surface area contributed by atoms with Gasteiger partial charge in [0, 0.05) is 26.7 Å². The quantitative estimate of drug-likeness (QED) is 0.926. The minimum Gasteiger partial charge on any atom is -0.371 e. The molecule has 1 saturated carbocycles. The lowest BCUT2D eigenvalue weighted by Crippen LogP contribution is -2.59. The maximum Gasteiger partial charge on any atom is 0.0609 e. The Morgan fingerprint density at radius 3 is 2.43 bits per heavy atom. The van der Waals surface area contributed by atoms with E-state index in [4.69, 9.17) is 5.73 Å². The summed E-state index contributed by atoms with van der Waals surface area (Å²) >= 11 is 0. The van der Waals surface area contributed by atoms with Crippen LogP contribution in [0.4, 0.5) is 11.4 Å². The first-order chi connectivity index (χ1) is 10.2. The lowest BCUT2D eigenvalue weighted by Gasteiger charge is -2.52. The molecule has 1 aromatic rings. The van der Waals surface area contributed by atoms with Crippen LogP contribution in [0.25, 0.3) is 0 Å². The van der Waals surface area contributed by atoms with Crippen molar-refractivity contribution < 1.29 is 0 Å². The van der Waals surface area contributed by atoms with Crippen molar-refractivity contribution in [3.63, 3.8) is 0 Å². The van der Waals surface area contributed by atoms with Gasteiger partial charge in [0.2, 0.25) is 0 Å². The molecule has 1 aromatic carbocycles. The van der Waals surface area contributed by atoms with Gasteiger partial charge in [-0.1, -0.05) is 25.5 Å². The number of fused-ring (bicyclic) bond motifs is 1. The number of likely N-dealkylation sites (N-methyl/N-ethyl adjacent to an activating group) is 1. The molecule has 0 amide bonds. The molecule has 1 fully saturated rings. The van der Waals surface area contributed by atoms with Crippen LogP contribution in [0, 0.1) is 5.92 Å². The smallest absolute Gasteiger partial charge is 0.0609 e. The average molecular weight is 287 g/mol. The molecule has 0 spiro atoms. The summed E-state index contributed by atoms with van der Waals surface area (Å²) in [6, 6.07) is 8.81. The van der Waals surface area contributed by atoms with Crippen LogP contribution in [0.2, 0.25) is 0 Å². The Kier molecular flexibility index (Phi) is 4.12. The highest BCUT2D eigenvalue weighted by Gasteiger charge is 2.41. The van der Waals surface area contributed by atoms with E-state index in [1.165, 1.54) is 43.5 Å². The lowest BCUT2D eigenvalue weighted by atomic mass is 9.74. The Bertz CT molecular complexity index is 477. The molecule has 1 aliphatic heterocycles. The number of para-hydroxylation sites is 2. The first kappa shape index (κ1) is 14.7. The summed E-state index contributed by atoms with van der Waals surface area (Å²) in [5, 5.41) is 0. The van der Waals surface area contributed by atoms with E-state index in [-0.39, 0.29) is 5.54 Å². The average Bonchev–Trinajstić information content (AvgIpc) is 2.55. The van der Waals surface area contributed by atoms with E-state index in [0.29, 0.717) is 0 Å². The maximum absolute atomic E-state index is 6.29. The fourth-order valence-electron chi connectivity index (χ4n) is 4.21. The monoisotopic (exact) mass is 287 g/mol. The zero-order valence-electron chi connectivity index (χ0n) is 13.5. The summed E-state index contributed by atoms with van der Waals surface area (Å²) in [6.45, 7) is 5.30. The second-order valence-electron chi connectivity index (χ2n) is 6.84. The number of rotatable bonds is 3. The second kappa shape index (κ2) is 5.88. The third-order valence-electron chi connectivity index (χ3n) is 5.81. The Morgan fingerprint density at radius 1 is 1.14 bits per heavy atom. The molecule has 0 saturated heterocycles. The van der Waals surface area contributed by atoms with E-state index >= 15 is 0 Å². The highest BCUT2D eigenvalue weighted by molar-refractivity contribution is 5.74. The first-order valence-electron chi connectivity index (χ1n) is 8.48. The first-order valence-corrected chi connectivity index (χ1v) is 8.48. The Labute approximate surface area is 129 Å². The summed E-state index contributed by atoms with van der Waals surface area (Å²) < 4.78 is 0. The van der Waals surface area contributed by atoms with Gasteiger partial charge in [-0.15, -0.1) is 0 Å². The normalized spacial score (nSPS) is 29.4. The number of anilines is 2. The van der Waals surface area contributed by atoms with E-state index < -0.39 is 0 Å². The molecule has 3 rings (SSSR count). The predicted octanol–water partition coefficient (Wildman–Crippen LogP) is 3.24. The molecule has 0 radical (unpaired) electrons. The largest absolute Gasteiger partial charge is 0.371 e. The van der Waals surface area contributed by atoms with E-state index in [0.717, 1.165) is 25.6 Å². The third kappa shape index (κ3) is 2.52. The van der Waals surface area contributed by atoms with Crippen molar-refractivity contribution in [1.82, 2.24) is 0 Å². The molecule has 21 heavy (non-hydrogen) atoms. The van der Waals surface area contributed by atoms with E-state index in [1.807, 2.05) is 0 Å². The molecule has 0 atom stereocenters. The van der Waals surface area contributed by atoms with Crippen molar-refractivity contribution in [2.24, 2.45) is 11.7 Å². The molecular formula is C18H29N3. The molecule has 0 unspecified atom stereocenters. The van der Waals surface area contributed by atoms with Crippen LogP contribution >= 0.6 is 0 Å². The third-order valence-corrected chi connectivity index (χ3v) is 5.81. The predicted molar refractivity (Wildman–Crippen MR) is 91.1 cm³/mol. The van der Waals surface area contributed by atoms with Crippen LogP contribution in [0.5, 0.6) is 0 Å². The SMILES string of the molecule is CCC1CCC(CN)(N2CCN(C)c3ccccc32)CC1. The highest BCUT2D eigenvalue weighted by Crippen LogP contribution is 2.43. The molecule has 116 valence electrons. The molecule has 3 heteroatoms. The minimum atomic E-state index is 0.184. The zero-order valence-corrected chi connectivity index (χ0v) is 13.5. The van der Waals surface area contributed by atoms with Gasteiger partial charge in [-0.2, -0.15) is 0 Å². The Balaban J connectivity index is 1.90. The molecule has 1 heterocycles. The van der Waals surface area contributed by atoms with Crippen LogP contribution in [-0.4, -0.2) is 32.2 Å². The fourth-order valence-corrected chi connectivity index (χ4v) is 4.21. The number of hydrogen-bond acceptors (Lipinski definition) is 3. The van der Waals surface area contributed by atoms with E-state index in [1.54, 1.807) is 0 Å². The van der Waals surface area contributed by atoms with Gasteiger partial charge in [0.05, 0.1) is 16.9 Å². The van der Waals surface area contributed by atoms with Crippen molar-refractivity contribution >= 4 is 11.4 Å². The van der Waals surface area contributed by atoms with Gasteiger partial charge in [-0.25, -0.2) is 0 Å². The van der Waals surface area contributed by atoms with Crippen LogP contribution in [0.3, 0.4) is 0 Å². The number of nitrogens with two attached hydrogens (primary N) is 1. The molecule has 3 nitrogen and oxygen atoms in total. The van der Waals surface area contributed by atoms with Gasteiger partial charge in [-0.05, 0) is 43.7 Å². The van der Waals surface area contributed by atoms with Crippen LogP contribution in [0.1, 0.15) is 39.0 Å². The summed E-state index contributed by atoms with van der Waals surface area (Å²) in [6.07, 6.45) is 6.49. The van der Waals surface area contributed by atoms with Crippen molar-refractivity contribution in [2.75, 3.05) is 36.5 Å². The van der Waals surface area contributed by atoms with Gasteiger partial charge in [0.15, 0.2) is 0 Å². The van der Waals surface area contributed by atoms with Crippen LogP contribution in [0.15, 0.2) is 24.3 Å². The number of hydrogen-bond donors (Lipinski definition) is 1. The topological polar surface area (TPSA) is 32.5 Å². The molecule has 0 bridgehead atoms.